The molecule has 0 aliphatic carbocycles. The first-order valence-corrected chi connectivity index (χ1v) is 6.25. The van der Waals surface area contributed by atoms with Gasteiger partial charge in [-0.25, -0.2) is 0 Å². The molecule has 3 nitrogen and oxygen atoms in total. The largest absolute Gasteiger partial charge is 0.353 e. The summed E-state index contributed by atoms with van der Waals surface area (Å²) in [7, 11) is 0. The van der Waals surface area contributed by atoms with Crippen LogP contribution in [0.2, 0.25) is 0 Å². The Bertz CT molecular complexity index is 188. The van der Waals surface area contributed by atoms with E-state index >= 15 is 0 Å². The van der Waals surface area contributed by atoms with E-state index in [1.54, 1.807) is 0 Å². The second kappa shape index (κ2) is 6.83. The monoisotopic (exact) mass is 212 g/mol. The fraction of sp³-hybridized carbons (Fsp3) is 0.917. The second-order valence-electron chi connectivity index (χ2n) is 4.60. The molecular formula is C12H24N2O. The molecule has 0 aromatic carbocycles. The van der Waals surface area contributed by atoms with Gasteiger partial charge in [0.15, 0.2) is 0 Å². The molecule has 0 spiro atoms. The average molecular weight is 212 g/mol. The zero-order chi connectivity index (χ0) is 11.1. The van der Waals surface area contributed by atoms with Crippen LogP contribution < -0.4 is 10.6 Å². The zero-order valence-electron chi connectivity index (χ0n) is 10.0. The third kappa shape index (κ3) is 4.65. The van der Waals surface area contributed by atoms with Crippen molar-refractivity contribution in [3.05, 3.63) is 0 Å². The van der Waals surface area contributed by atoms with E-state index in [1.165, 1.54) is 12.8 Å². The number of hydrogen-bond acceptors (Lipinski definition) is 2. The van der Waals surface area contributed by atoms with Crippen LogP contribution in [0.15, 0.2) is 0 Å². The van der Waals surface area contributed by atoms with Gasteiger partial charge < -0.3 is 10.6 Å². The van der Waals surface area contributed by atoms with E-state index in [-0.39, 0.29) is 11.8 Å². The predicted octanol–water partition coefficient (Wildman–Crippen LogP) is 1.68. The lowest BCUT2D eigenvalue weighted by atomic mass is 9.98. The molecule has 1 aliphatic heterocycles. The van der Waals surface area contributed by atoms with Crippen LogP contribution in [-0.4, -0.2) is 25.0 Å². The molecule has 1 fully saturated rings. The fourth-order valence-electron chi connectivity index (χ4n) is 2.02. The van der Waals surface area contributed by atoms with Gasteiger partial charge in [-0.15, -0.1) is 0 Å². The molecule has 2 atom stereocenters. The van der Waals surface area contributed by atoms with Crippen LogP contribution in [0.25, 0.3) is 0 Å². The lowest BCUT2D eigenvalue weighted by molar-refractivity contribution is -0.126. The first kappa shape index (κ1) is 12.5. The molecule has 0 aromatic heterocycles. The van der Waals surface area contributed by atoms with Crippen molar-refractivity contribution in [1.82, 2.24) is 10.6 Å². The van der Waals surface area contributed by atoms with E-state index in [0.29, 0.717) is 6.04 Å². The number of carbonyl (C=O) groups excluding carboxylic acids is 1. The Balaban J connectivity index is 2.21. The van der Waals surface area contributed by atoms with Crippen molar-refractivity contribution in [2.45, 2.75) is 52.0 Å². The van der Waals surface area contributed by atoms with Crippen LogP contribution in [-0.2, 0) is 4.79 Å². The summed E-state index contributed by atoms with van der Waals surface area (Å²) in [6.45, 7) is 6.20. The number of nitrogens with one attached hydrogen (secondary N) is 2. The molecule has 1 heterocycles. The Labute approximate surface area is 93.0 Å². The van der Waals surface area contributed by atoms with Gasteiger partial charge in [0.1, 0.15) is 0 Å². The summed E-state index contributed by atoms with van der Waals surface area (Å²) in [5.74, 6) is 0.439. The highest BCUT2D eigenvalue weighted by molar-refractivity contribution is 5.79. The van der Waals surface area contributed by atoms with Crippen molar-refractivity contribution >= 4 is 5.91 Å². The molecule has 1 rings (SSSR count). The normalized spacial score (nSPS) is 23.5. The van der Waals surface area contributed by atoms with Gasteiger partial charge in [0.2, 0.25) is 5.91 Å². The van der Waals surface area contributed by atoms with Gasteiger partial charge in [0.25, 0.3) is 0 Å². The summed E-state index contributed by atoms with van der Waals surface area (Å²) in [4.78, 5) is 11.8. The van der Waals surface area contributed by atoms with Crippen LogP contribution >= 0.6 is 0 Å². The van der Waals surface area contributed by atoms with Crippen molar-refractivity contribution < 1.29 is 4.79 Å². The van der Waals surface area contributed by atoms with Crippen LogP contribution in [0.3, 0.4) is 0 Å². The molecule has 0 aromatic rings. The molecular weight excluding hydrogens is 188 g/mol. The number of carbonyl (C=O) groups is 1. The number of hydrogen-bond donors (Lipinski definition) is 2. The summed E-state index contributed by atoms with van der Waals surface area (Å²) in [5, 5.41) is 6.38. The molecule has 0 bridgehead atoms. The zero-order valence-corrected chi connectivity index (χ0v) is 10.0. The molecule has 1 aliphatic rings. The number of amides is 1. The van der Waals surface area contributed by atoms with Crippen molar-refractivity contribution in [3.8, 4) is 0 Å². The van der Waals surface area contributed by atoms with E-state index < -0.39 is 0 Å². The standard InChI is InChI=1S/C12H24N2O/c1-3-4-6-10(2)14-12(15)11-7-5-8-13-9-11/h10-11,13H,3-9H2,1-2H3,(H,14,15)/t10?,11-/m0/s1. The highest BCUT2D eigenvalue weighted by Gasteiger charge is 2.21. The van der Waals surface area contributed by atoms with Crippen LogP contribution in [0, 0.1) is 5.92 Å². The number of unbranched alkanes of at least 4 members (excludes halogenated alkanes) is 1. The quantitative estimate of drug-likeness (QED) is 0.728. The second-order valence-corrected chi connectivity index (χ2v) is 4.60. The van der Waals surface area contributed by atoms with E-state index in [2.05, 4.69) is 24.5 Å². The highest BCUT2D eigenvalue weighted by atomic mass is 16.1. The maximum absolute atomic E-state index is 11.8. The molecule has 1 unspecified atom stereocenters. The Hall–Kier alpha value is -0.570. The molecule has 0 radical (unpaired) electrons. The summed E-state index contributed by atoms with van der Waals surface area (Å²) in [5.41, 5.74) is 0. The lowest BCUT2D eigenvalue weighted by Crippen LogP contribution is -2.43. The maximum atomic E-state index is 11.8. The van der Waals surface area contributed by atoms with Crippen LogP contribution in [0.5, 0.6) is 0 Å². The van der Waals surface area contributed by atoms with Crippen molar-refractivity contribution in [1.29, 1.82) is 0 Å². The maximum Gasteiger partial charge on any atom is 0.224 e. The summed E-state index contributed by atoms with van der Waals surface area (Å²) in [6.07, 6.45) is 5.67. The average Bonchev–Trinajstić information content (AvgIpc) is 2.27. The smallest absolute Gasteiger partial charge is 0.224 e. The van der Waals surface area contributed by atoms with Gasteiger partial charge >= 0.3 is 0 Å². The summed E-state index contributed by atoms with van der Waals surface area (Å²) >= 11 is 0. The van der Waals surface area contributed by atoms with Crippen molar-refractivity contribution in [2.75, 3.05) is 13.1 Å². The predicted molar refractivity (Wildman–Crippen MR) is 62.7 cm³/mol. The topological polar surface area (TPSA) is 41.1 Å². The molecule has 15 heavy (non-hydrogen) atoms. The molecule has 1 amide bonds. The van der Waals surface area contributed by atoms with Gasteiger partial charge in [-0.05, 0) is 32.7 Å². The van der Waals surface area contributed by atoms with E-state index in [1.807, 2.05) is 0 Å². The molecule has 1 saturated heterocycles. The van der Waals surface area contributed by atoms with E-state index in [4.69, 9.17) is 0 Å². The van der Waals surface area contributed by atoms with Gasteiger partial charge in [0, 0.05) is 12.6 Å². The highest BCUT2D eigenvalue weighted by Crippen LogP contribution is 2.10. The molecule has 3 heteroatoms. The molecule has 88 valence electrons. The first-order valence-electron chi connectivity index (χ1n) is 6.25. The molecule has 2 N–H and O–H groups in total. The van der Waals surface area contributed by atoms with Crippen molar-refractivity contribution in [3.63, 3.8) is 0 Å². The minimum atomic E-state index is 0.197. The van der Waals surface area contributed by atoms with Gasteiger partial charge in [0.05, 0.1) is 5.92 Å². The summed E-state index contributed by atoms with van der Waals surface area (Å²) < 4.78 is 0. The Morgan fingerprint density at radius 2 is 2.40 bits per heavy atom. The minimum Gasteiger partial charge on any atom is -0.353 e. The Morgan fingerprint density at radius 3 is 3.00 bits per heavy atom. The molecule has 0 saturated carbocycles. The third-order valence-electron chi connectivity index (χ3n) is 3.05. The first-order chi connectivity index (χ1) is 7.24. The van der Waals surface area contributed by atoms with Crippen LogP contribution in [0.1, 0.15) is 46.0 Å². The number of piperidine rings is 1. The Kier molecular flexibility index (Phi) is 5.69. The van der Waals surface area contributed by atoms with Gasteiger partial charge in [-0.3, -0.25) is 4.79 Å². The Morgan fingerprint density at radius 1 is 1.60 bits per heavy atom. The van der Waals surface area contributed by atoms with E-state index in [9.17, 15) is 4.79 Å². The van der Waals surface area contributed by atoms with Crippen molar-refractivity contribution in [2.24, 2.45) is 5.92 Å². The number of rotatable bonds is 5. The summed E-state index contributed by atoms with van der Waals surface area (Å²) in [6, 6.07) is 0.333. The third-order valence-corrected chi connectivity index (χ3v) is 3.05. The SMILES string of the molecule is CCCCC(C)NC(=O)[C@H]1CCCNC1. The lowest BCUT2D eigenvalue weighted by Gasteiger charge is -2.24. The minimum absolute atomic E-state index is 0.197. The van der Waals surface area contributed by atoms with E-state index in [0.717, 1.165) is 32.4 Å². The fourth-order valence-corrected chi connectivity index (χ4v) is 2.02. The van der Waals surface area contributed by atoms with Gasteiger partial charge in [-0.2, -0.15) is 0 Å². The van der Waals surface area contributed by atoms with Crippen LogP contribution in [0.4, 0.5) is 0 Å². The van der Waals surface area contributed by atoms with Gasteiger partial charge in [-0.1, -0.05) is 19.8 Å².